The Balaban J connectivity index is 1.87. The molecule has 0 aliphatic carbocycles. The number of carbonyl (C=O) groups is 2. The number of carbonyl (C=O) groups excluding carboxylic acids is 2. The second-order valence-corrected chi connectivity index (χ2v) is 6.38. The standard InChI is InChI=1S/C17H21N3O3S/c1-3-23-13-6-4-12(5-7-13)10-20(2)11-15(21)19-17-14(16(18)22)8-9-24-17/h4-9H,3,10-11H2,1-2H3,(H2,18,22)(H,19,21)/p+1. The van der Waals surface area contributed by atoms with Gasteiger partial charge in [-0.3, -0.25) is 9.59 Å². The van der Waals surface area contributed by atoms with Crippen LogP contribution in [-0.4, -0.2) is 32.0 Å². The van der Waals surface area contributed by atoms with Crippen LogP contribution in [0.4, 0.5) is 5.00 Å². The zero-order chi connectivity index (χ0) is 17.5. The third kappa shape index (κ3) is 5.07. The van der Waals surface area contributed by atoms with E-state index in [-0.39, 0.29) is 5.91 Å². The number of hydrogen-bond donors (Lipinski definition) is 3. The Morgan fingerprint density at radius 1 is 1.25 bits per heavy atom. The fourth-order valence-electron chi connectivity index (χ4n) is 2.33. The molecule has 1 heterocycles. The Hall–Kier alpha value is -2.38. The maximum atomic E-state index is 12.1. The van der Waals surface area contributed by atoms with E-state index in [0.717, 1.165) is 16.2 Å². The average Bonchev–Trinajstić information content (AvgIpc) is 2.97. The first-order chi connectivity index (χ1) is 11.5. The molecule has 0 saturated heterocycles. The zero-order valence-electron chi connectivity index (χ0n) is 13.8. The molecule has 2 aromatic rings. The number of rotatable bonds is 8. The molecule has 4 N–H and O–H groups in total. The van der Waals surface area contributed by atoms with Gasteiger partial charge in [0.25, 0.3) is 11.8 Å². The first kappa shape index (κ1) is 18.0. The molecule has 6 nitrogen and oxygen atoms in total. The Labute approximate surface area is 145 Å². The SMILES string of the molecule is CCOc1ccc(C[NH+](C)CC(=O)Nc2sccc2C(N)=O)cc1. The van der Waals surface area contributed by atoms with Crippen molar-refractivity contribution in [3.05, 3.63) is 46.8 Å². The molecule has 0 aliphatic rings. The van der Waals surface area contributed by atoms with Crippen LogP contribution in [-0.2, 0) is 11.3 Å². The Kier molecular flexibility index (Phi) is 6.34. The van der Waals surface area contributed by atoms with Crippen LogP contribution >= 0.6 is 11.3 Å². The van der Waals surface area contributed by atoms with Crippen molar-refractivity contribution in [2.75, 3.05) is 25.5 Å². The lowest BCUT2D eigenvalue weighted by Gasteiger charge is -2.14. The molecule has 0 aliphatic heterocycles. The molecule has 0 fully saturated rings. The Bertz CT molecular complexity index is 697. The van der Waals surface area contributed by atoms with Crippen molar-refractivity contribution in [3.8, 4) is 5.75 Å². The smallest absolute Gasteiger partial charge is 0.280 e. The van der Waals surface area contributed by atoms with Gasteiger partial charge in [0.2, 0.25) is 0 Å². The third-order valence-electron chi connectivity index (χ3n) is 3.39. The second-order valence-electron chi connectivity index (χ2n) is 5.46. The molecule has 0 bridgehead atoms. The quantitative estimate of drug-likeness (QED) is 0.662. The summed E-state index contributed by atoms with van der Waals surface area (Å²) in [4.78, 5) is 24.4. The van der Waals surface area contributed by atoms with Crippen molar-refractivity contribution in [2.45, 2.75) is 13.5 Å². The minimum atomic E-state index is -0.540. The highest BCUT2D eigenvalue weighted by Crippen LogP contribution is 2.22. The van der Waals surface area contributed by atoms with E-state index in [4.69, 9.17) is 10.5 Å². The van der Waals surface area contributed by atoms with E-state index < -0.39 is 5.91 Å². The number of thiophene rings is 1. The van der Waals surface area contributed by atoms with Gasteiger partial charge in [-0.25, -0.2) is 0 Å². The largest absolute Gasteiger partial charge is 0.494 e. The van der Waals surface area contributed by atoms with Crippen LogP contribution in [0.15, 0.2) is 35.7 Å². The summed E-state index contributed by atoms with van der Waals surface area (Å²) < 4.78 is 5.41. The number of anilines is 1. The van der Waals surface area contributed by atoms with Gasteiger partial charge in [-0.15, -0.1) is 11.3 Å². The minimum absolute atomic E-state index is 0.150. The highest BCUT2D eigenvalue weighted by Gasteiger charge is 2.15. The van der Waals surface area contributed by atoms with Crippen LogP contribution < -0.4 is 20.7 Å². The third-order valence-corrected chi connectivity index (χ3v) is 4.22. The van der Waals surface area contributed by atoms with Gasteiger partial charge in [0.15, 0.2) is 6.54 Å². The maximum Gasteiger partial charge on any atom is 0.280 e. The molecule has 2 amide bonds. The van der Waals surface area contributed by atoms with E-state index in [9.17, 15) is 9.59 Å². The number of likely N-dealkylation sites (N-methyl/N-ethyl adjacent to an activating group) is 1. The lowest BCUT2D eigenvalue weighted by Crippen LogP contribution is -3.08. The number of ether oxygens (including phenoxy) is 1. The molecule has 1 aromatic carbocycles. The van der Waals surface area contributed by atoms with Crippen LogP contribution in [0.1, 0.15) is 22.8 Å². The van der Waals surface area contributed by atoms with Gasteiger partial charge in [-0.2, -0.15) is 0 Å². The van der Waals surface area contributed by atoms with Crippen molar-refractivity contribution >= 4 is 28.2 Å². The maximum absolute atomic E-state index is 12.1. The number of primary amides is 1. The molecule has 7 heteroatoms. The Morgan fingerprint density at radius 2 is 1.96 bits per heavy atom. The second kappa shape index (κ2) is 8.47. The lowest BCUT2D eigenvalue weighted by molar-refractivity contribution is -0.885. The first-order valence-corrected chi connectivity index (χ1v) is 8.57. The molecule has 24 heavy (non-hydrogen) atoms. The summed E-state index contributed by atoms with van der Waals surface area (Å²) in [5, 5.41) is 4.98. The average molecular weight is 348 g/mol. The summed E-state index contributed by atoms with van der Waals surface area (Å²) in [7, 11) is 1.94. The van der Waals surface area contributed by atoms with Crippen molar-refractivity contribution in [3.63, 3.8) is 0 Å². The summed E-state index contributed by atoms with van der Waals surface area (Å²) in [6.07, 6.45) is 0. The van der Waals surface area contributed by atoms with E-state index in [0.29, 0.717) is 30.3 Å². The molecular formula is C17H22N3O3S+. The van der Waals surface area contributed by atoms with Gasteiger partial charge in [0.1, 0.15) is 17.3 Å². The lowest BCUT2D eigenvalue weighted by atomic mass is 10.2. The topological polar surface area (TPSA) is 85.9 Å². The van der Waals surface area contributed by atoms with Gasteiger partial charge in [-0.05, 0) is 42.6 Å². The number of amides is 2. The van der Waals surface area contributed by atoms with Crippen LogP contribution in [0, 0.1) is 0 Å². The summed E-state index contributed by atoms with van der Waals surface area (Å²) in [5.41, 5.74) is 6.74. The van der Waals surface area contributed by atoms with Gasteiger partial charge in [-0.1, -0.05) is 0 Å². The Morgan fingerprint density at radius 3 is 2.58 bits per heavy atom. The van der Waals surface area contributed by atoms with Crippen LogP contribution in [0.5, 0.6) is 5.75 Å². The summed E-state index contributed by atoms with van der Waals surface area (Å²) in [6.45, 7) is 3.60. The van der Waals surface area contributed by atoms with Crippen LogP contribution in [0.25, 0.3) is 0 Å². The van der Waals surface area contributed by atoms with Crippen molar-refractivity contribution in [1.29, 1.82) is 0 Å². The normalized spacial score (nSPS) is 11.8. The molecule has 1 aromatic heterocycles. The molecule has 0 radical (unpaired) electrons. The number of benzene rings is 1. The van der Waals surface area contributed by atoms with Gasteiger partial charge in [0.05, 0.1) is 19.2 Å². The number of nitrogens with one attached hydrogen (secondary N) is 2. The minimum Gasteiger partial charge on any atom is -0.494 e. The fourth-order valence-corrected chi connectivity index (χ4v) is 3.13. The van der Waals surface area contributed by atoms with E-state index in [1.54, 1.807) is 11.4 Å². The van der Waals surface area contributed by atoms with E-state index in [2.05, 4.69) is 5.32 Å². The first-order valence-electron chi connectivity index (χ1n) is 7.69. The van der Waals surface area contributed by atoms with Gasteiger partial charge < -0.3 is 20.7 Å². The predicted molar refractivity (Wildman–Crippen MR) is 94.5 cm³/mol. The van der Waals surface area contributed by atoms with Crippen LogP contribution in [0.3, 0.4) is 0 Å². The zero-order valence-corrected chi connectivity index (χ0v) is 14.6. The van der Waals surface area contributed by atoms with Gasteiger partial charge in [0, 0.05) is 5.56 Å². The molecule has 128 valence electrons. The molecule has 0 spiro atoms. The van der Waals surface area contributed by atoms with E-state index in [1.807, 2.05) is 38.2 Å². The summed E-state index contributed by atoms with van der Waals surface area (Å²) in [6, 6.07) is 9.46. The highest BCUT2D eigenvalue weighted by molar-refractivity contribution is 7.14. The van der Waals surface area contributed by atoms with Crippen molar-refractivity contribution in [1.82, 2.24) is 0 Å². The molecule has 0 saturated carbocycles. The number of quaternary nitrogens is 1. The summed E-state index contributed by atoms with van der Waals surface area (Å²) in [5.74, 6) is 0.151. The van der Waals surface area contributed by atoms with Gasteiger partial charge >= 0.3 is 0 Å². The van der Waals surface area contributed by atoms with Crippen molar-refractivity contribution in [2.24, 2.45) is 5.73 Å². The predicted octanol–water partition coefficient (Wildman–Crippen LogP) is 0.899. The molecular weight excluding hydrogens is 326 g/mol. The van der Waals surface area contributed by atoms with E-state index >= 15 is 0 Å². The van der Waals surface area contributed by atoms with Crippen molar-refractivity contribution < 1.29 is 19.2 Å². The van der Waals surface area contributed by atoms with E-state index in [1.165, 1.54) is 11.3 Å². The highest BCUT2D eigenvalue weighted by atomic mass is 32.1. The number of hydrogen-bond acceptors (Lipinski definition) is 4. The molecule has 1 atom stereocenters. The summed E-state index contributed by atoms with van der Waals surface area (Å²) >= 11 is 1.29. The monoisotopic (exact) mass is 348 g/mol. The number of nitrogens with two attached hydrogens (primary N) is 1. The molecule has 2 rings (SSSR count). The van der Waals surface area contributed by atoms with Crippen LogP contribution in [0.2, 0.25) is 0 Å². The fraction of sp³-hybridized carbons (Fsp3) is 0.294. The molecule has 1 unspecified atom stereocenters.